The maximum absolute atomic E-state index is 12.8. The zero-order chi connectivity index (χ0) is 21.8. The molecule has 1 fully saturated rings. The first-order valence-electron chi connectivity index (χ1n) is 10.7. The van der Waals surface area contributed by atoms with E-state index in [9.17, 15) is 9.59 Å². The van der Waals surface area contributed by atoms with Gasteiger partial charge in [-0.15, -0.1) is 0 Å². The van der Waals surface area contributed by atoms with E-state index in [0.717, 1.165) is 24.1 Å². The lowest BCUT2D eigenvalue weighted by Crippen LogP contribution is -2.31. The molecule has 31 heavy (non-hydrogen) atoms. The summed E-state index contributed by atoms with van der Waals surface area (Å²) in [4.78, 5) is 24.2. The molecule has 1 aliphatic carbocycles. The number of rotatable bonds is 6. The average Bonchev–Trinajstić information content (AvgIpc) is 3.27. The van der Waals surface area contributed by atoms with Crippen molar-refractivity contribution in [1.82, 2.24) is 5.43 Å². The summed E-state index contributed by atoms with van der Waals surface area (Å²) >= 11 is 0. The molecule has 7 nitrogen and oxygen atoms in total. The number of anilines is 1. The Morgan fingerprint density at radius 3 is 2.52 bits per heavy atom. The van der Waals surface area contributed by atoms with Crippen LogP contribution < -0.4 is 20.2 Å². The van der Waals surface area contributed by atoms with E-state index in [1.807, 2.05) is 31.2 Å². The number of hydrogen-bond donors (Lipinski definition) is 2. The zero-order valence-electron chi connectivity index (χ0n) is 17.8. The topological polar surface area (TPSA) is 89.0 Å². The Kier molecular flexibility index (Phi) is 6.21. The molecule has 2 aromatic rings. The van der Waals surface area contributed by atoms with Crippen LogP contribution in [0, 0.1) is 5.92 Å². The molecule has 2 aliphatic rings. The summed E-state index contributed by atoms with van der Waals surface area (Å²) in [5.74, 6) is 0.982. The van der Waals surface area contributed by atoms with Gasteiger partial charge in [-0.3, -0.25) is 9.59 Å². The predicted octanol–water partition coefficient (Wildman–Crippen LogP) is 4.13. The Morgan fingerprint density at radius 2 is 1.84 bits per heavy atom. The van der Waals surface area contributed by atoms with Gasteiger partial charge in [-0.25, -0.2) is 5.43 Å². The number of nitrogens with zero attached hydrogens (tertiary/aromatic N) is 1. The fraction of sp³-hybridized carbons (Fsp3) is 0.375. The maximum atomic E-state index is 12.8. The summed E-state index contributed by atoms with van der Waals surface area (Å²) in [5, 5.41) is 7.09. The quantitative estimate of drug-likeness (QED) is 0.734. The highest BCUT2D eigenvalue weighted by atomic mass is 16.5. The van der Waals surface area contributed by atoms with Crippen molar-refractivity contribution in [2.24, 2.45) is 11.0 Å². The molecule has 0 aromatic heterocycles. The van der Waals surface area contributed by atoms with Gasteiger partial charge in [0.25, 0.3) is 5.91 Å². The van der Waals surface area contributed by atoms with Crippen LogP contribution in [-0.4, -0.2) is 30.7 Å². The molecule has 1 heterocycles. The molecular weight excluding hydrogens is 394 g/mol. The molecule has 162 valence electrons. The third-order valence-electron chi connectivity index (χ3n) is 5.72. The average molecular weight is 421 g/mol. The summed E-state index contributed by atoms with van der Waals surface area (Å²) in [6.07, 6.45) is 4.98. The van der Waals surface area contributed by atoms with E-state index in [1.165, 1.54) is 12.8 Å². The molecule has 0 radical (unpaired) electrons. The van der Waals surface area contributed by atoms with Gasteiger partial charge in [0.2, 0.25) is 5.91 Å². The molecule has 0 saturated heterocycles. The van der Waals surface area contributed by atoms with Crippen LogP contribution in [0.25, 0.3) is 0 Å². The van der Waals surface area contributed by atoms with Crippen LogP contribution in [0.4, 0.5) is 5.69 Å². The fourth-order valence-corrected chi connectivity index (χ4v) is 4.03. The fourth-order valence-electron chi connectivity index (χ4n) is 4.03. The van der Waals surface area contributed by atoms with Crippen LogP contribution in [0.15, 0.2) is 47.6 Å². The molecule has 1 unspecified atom stereocenters. The zero-order valence-corrected chi connectivity index (χ0v) is 17.8. The minimum absolute atomic E-state index is 0.0479. The normalized spacial score (nSPS) is 18.8. The third kappa shape index (κ3) is 4.87. The first-order chi connectivity index (χ1) is 15.0. The van der Waals surface area contributed by atoms with Crippen molar-refractivity contribution >= 4 is 23.2 Å². The highest BCUT2D eigenvalue weighted by molar-refractivity contribution is 6.07. The van der Waals surface area contributed by atoms with Crippen molar-refractivity contribution in [3.8, 4) is 11.5 Å². The first kappa shape index (κ1) is 20.9. The lowest BCUT2D eigenvalue weighted by Gasteiger charge is -2.19. The van der Waals surface area contributed by atoms with Crippen LogP contribution in [-0.2, 0) is 4.79 Å². The van der Waals surface area contributed by atoms with Crippen molar-refractivity contribution in [3.63, 3.8) is 0 Å². The number of ether oxygens (including phenoxy) is 2. The van der Waals surface area contributed by atoms with E-state index < -0.39 is 0 Å². The SMILES string of the molecule is COc1ccc(C(=O)Nc2ccc(C3=NNC(=O)CC3C)cc2)cc1OC1CCCC1. The smallest absolute Gasteiger partial charge is 0.255 e. The number of carbonyl (C=O) groups excluding carboxylic acids is 2. The molecule has 7 heteroatoms. The number of hydrogen-bond acceptors (Lipinski definition) is 5. The molecule has 1 atom stereocenters. The largest absolute Gasteiger partial charge is 0.493 e. The number of methoxy groups -OCH3 is 1. The van der Waals surface area contributed by atoms with Crippen molar-refractivity contribution in [3.05, 3.63) is 53.6 Å². The van der Waals surface area contributed by atoms with Crippen LogP contribution in [0.5, 0.6) is 11.5 Å². The van der Waals surface area contributed by atoms with Crippen LogP contribution in [0.3, 0.4) is 0 Å². The number of benzene rings is 2. The van der Waals surface area contributed by atoms with Gasteiger partial charge < -0.3 is 14.8 Å². The molecule has 2 N–H and O–H groups in total. The van der Waals surface area contributed by atoms with Crippen LogP contribution in [0.1, 0.15) is 54.9 Å². The van der Waals surface area contributed by atoms with Gasteiger partial charge >= 0.3 is 0 Å². The molecule has 0 spiro atoms. The highest BCUT2D eigenvalue weighted by Crippen LogP contribution is 2.32. The van der Waals surface area contributed by atoms with E-state index in [2.05, 4.69) is 15.8 Å². The summed E-state index contributed by atoms with van der Waals surface area (Å²) in [5.41, 5.74) is 5.46. The van der Waals surface area contributed by atoms with E-state index >= 15 is 0 Å². The summed E-state index contributed by atoms with van der Waals surface area (Å²) < 4.78 is 11.5. The summed E-state index contributed by atoms with van der Waals surface area (Å²) in [7, 11) is 1.60. The van der Waals surface area contributed by atoms with Crippen molar-refractivity contribution in [1.29, 1.82) is 0 Å². The monoisotopic (exact) mass is 421 g/mol. The van der Waals surface area contributed by atoms with E-state index in [4.69, 9.17) is 9.47 Å². The minimum Gasteiger partial charge on any atom is -0.493 e. The van der Waals surface area contributed by atoms with Crippen LogP contribution >= 0.6 is 0 Å². The van der Waals surface area contributed by atoms with Gasteiger partial charge in [-0.2, -0.15) is 5.10 Å². The van der Waals surface area contributed by atoms with Crippen molar-refractivity contribution in [2.45, 2.75) is 45.1 Å². The Labute approximate surface area is 181 Å². The predicted molar refractivity (Wildman–Crippen MR) is 119 cm³/mol. The number of nitrogens with one attached hydrogen (secondary N) is 2. The molecule has 2 aromatic carbocycles. The van der Waals surface area contributed by atoms with Gasteiger partial charge in [-0.05, 0) is 61.6 Å². The Balaban J connectivity index is 1.46. The van der Waals surface area contributed by atoms with E-state index in [-0.39, 0.29) is 23.8 Å². The Bertz CT molecular complexity index is 994. The van der Waals surface area contributed by atoms with Crippen molar-refractivity contribution in [2.75, 3.05) is 12.4 Å². The number of amides is 2. The second-order valence-corrected chi connectivity index (χ2v) is 8.06. The standard InChI is InChI=1S/C24H27N3O4/c1-15-13-22(28)26-27-23(15)16-7-10-18(11-8-16)25-24(29)17-9-12-20(30-2)21(14-17)31-19-5-3-4-6-19/h7-12,14-15,19H,3-6,13H2,1-2H3,(H,25,29)(H,26,28). The molecule has 1 saturated carbocycles. The third-order valence-corrected chi connectivity index (χ3v) is 5.72. The summed E-state index contributed by atoms with van der Waals surface area (Å²) in [6, 6.07) is 12.7. The molecule has 1 aliphatic heterocycles. The van der Waals surface area contributed by atoms with E-state index in [0.29, 0.717) is 29.2 Å². The van der Waals surface area contributed by atoms with Gasteiger partial charge in [0, 0.05) is 23.6 Å². The lowest BCUT2D eigenvalue weighted by molar-refractivity contribution is -0.121. The minimum atomic E-state index is -0.220. The van der Waals surface area contributed by atoms with Crippen molar-refractivity contribution < 1.29 is 19.1 Å². The van der Waals surface area contributed by atoms with Crippen LogP contribution in [0.2, 0.25) is 0 Å². The molecular formula is C24H27N3O4. The Hall–Kier alpha value is -3.35. The maximum Gasteiger partial charge on any atom is 0.255 e. The lowest BCUT2D eigenvalue weighted by atomic mass is 9.94. The molecule has 2 amide bonds. The summed E-state index contributed by atoms with van der Waals surface area (Å²) in [6.45, 7) is 1.97. The van der Waals surface area contributed by atoms with Gasteiger partial charge in [0.05, 0.1) is 18.9 Å². The second-order valence-electron chi connectivity index (χ2n) is 8.06. The van der Waals surface area contributed by atoms with E-state index in [1.54, 1.807) is 25.3 Å². The van der Waals surface area contributed by atoms with Gasteiger partial charge in [-0.1, -0.05) is 19.1 Å². The highest BCUT2D eigenvalue weighted by Gasteiger charge is 2.22. The van der Waals surface area contributed by atoms with Gasteiger partial charge in [0.1, 0.15) is 0 Å². The second kappa shape index (κ2) is 9.20. The first-order valence-corrected chi connectivity index (χ1v) is 10.7. The van der Waals surface area contributed by atoms with Gasteiger partial charge in [0.15, 0.2) is 11.5 Å². The molecule has 0 bridgehead atoms. The molecule has 4 rings (SSSR count). The number of hydrazone groups is 1. The number of carbonyl (C=O) groups is 2. The Morgan fingerprint density at radius 1 is 1.10 bits per heavy atom.